The summed E-state index contributed by atoms with van der Waals surface area (Å²) in [5, 5.41) is 0. The van der Waals surface area contributed by atoms with Crippen LogP contribution in [0.5, 0.6) is 0 Å². The van der Waals surface area contributed by atoms with E-state index in [0.717, 1.165) is 24.9 Å². The normalized spacial score (nSPS) is 9.85. The van der Waals surface area contributed by atoms with Crippen molar-refractivity contribution in [1.29, 1.82) is 0 Å². The van der Waals surface area contributed by atoms with Crippen molar-refractivity contribution in [2.45, 2.75) is 19.3 Å². The van der Waals surface area contributed by atoms with Gasteiger partial charge in [-0.2, -0.15) is 0 Å². The van der Waals surface area contributed by atoms with E-state index in [4.69, 9.17) is 23.7 Å². The zero-order chi connectivity index (χ0) is 9.68. The molecule has 1 rings (SSSR count). The van der Waals surface area contributed by atoms with E-state index in [0.29, 0.717) is 4.99 Å². The molecule has 0 atom stereocenters. The maximum atomic E-state index is 5.56. The monoisotopic (exact) mass is 194 g/mol. The molecule has 0 bridgehead atoms. The van der Waals surface area contributed by atoms with Crippen molar-refractivity contribution < 1.29 is 0 Å². The Hall–Kier alpha value is -1.09. The van der Waals surface area contributed by atoms with E-state index in [9.17, 15) is 0 Å². The van der Waals surface area contributed by atoms with E-state index in [1.54, 1.807) is 0 Å². The molecule has 0 unspecified atom stereocenters. The van der Waals surface area contributed by atoms with E-state index in [2.05, 4.69) is 0 Å². The lowest BCUT2D eigenvalue weighted by atomic mass is 10.1. The van der Waals surface area contributed by atoms with E-state index in [1.807, 2.05) is 24.3 Å². The molecule has 13 heavy (non-hydrogen) atoms. The first-order chi connectivity index (χ1) is 6.18. The fourth-order valence-electron chi connectivity index (χ4n) is 1.15. The molecular formula is C10H14N2S. The summed E-state index contributed by atoms with van der Waals surface area (Å²) in [6, 6.07) is 7.90. The Morgan fingerprint density at radius 2 is 1.85 bits per heavy atom. The molecule has 0 amide bonds. The zero-order valence-electron chi connectivity index (χ0n) is 7.49. The Morgan fingerprint density at radius 3 is 2.38 bits per heavy atom. The van der Waals surface area contributed by atoms with Gasteiger partial charge in [0, 0.05) is 5.69 Å². The minimum Gasteiger partial charge on any atom is -0.399 e. The summed E-state index contributed by atoms with van der Waals surface area (Å²) in [6.07, 6.45) is 2.84. The van der Waals surface area contributed by atoms with Gasteiger partial charge in [0.2, 0.25) is 0 Å². The standard InChI is InChI=1S/C10H14N2S/c11-9-6-4-8(5-7-9)2-1-3-10(12)13/h4-7H,1-3,11H2,(H2,12,13). The second-order valence-electron chi connectivity index (χ2n) is 3.06. The van der Waals surface area contributed by atoms with Crippen molar-refractivity contribution >= 4 is 22.9 Å². The van der Waals surface area contributed by atoms with Crippen LogP contribution in [0.15, 0.2) is 24.3 Å². The molecule has 0 aromatic heterocycles. The van der Waals surface area contributed by atoms with Crippen LogP contribution in [0.3, 0.4) is 0 Å². The summed E-state index contributed by atoms with van der Waals surface area (Å²) < 4.78 is 0. The van der Waals surface area contributed by atoms with E-state index >= 15 is 0 Å². The molecule has 0 saturated heterocycles. The predicted molar refractivity (Wildman–Crippen MR) is 60.6 cm³/mol. The van der Waals surface area contributed by atoms with Crippen LogP contribution in [0.2, 0.25) is 0 Å². The third-order valence-electron chi connectivity index (χ3n) is 1.87. The summed E-state index contributed by atoms with van der Waals surface area (Å²) in [4.78, 5) is 0.593. The van der Waals surface area contributed by atoms with Crippen LogP contribution in [0.4, 0.5) is 5.69 Å². The number of hydrogen-bond donors (Lipinski definition) is 2. The molecule has 0 aliphatic heterocycles. The Bertz CT molecular complexity index is 279. The summed E-state index contributed by atoms with van der Waals surface area (Å²) in [5.74, 6) is 0. The SMILES string of the molecule is NC(=S)CCCc1ccc(N)cc1. The van der Waals surface area contributed by atoms with E-state index in [1.165, 1.54) is 5.56 Å². The Labute approximate surface area is 83.9 Å². The minimum atomic E-state index is 0.593. The maximum absolute atomic E-state index is 5.56. The topological polar surface area (TPSA) is 52.0 Å². The third-order valence-corrected chi connectivity index (χ3v) is 2.07. The lowest BCUT2D eigenvalue weighted by Gasteiger charge is -2.00. The van der Waals surface area contributed by atoms with Gasteiger partial charge in [-0.15, -0.1) is 0 Å². The van der Waals surface area contributed by atoms with Crippen molar-refractivity contribution in [3.8, 4) is 0 Å². The molecule has 1 aromatic rings. The molecule has 1 aromatic carbocycles. The van der Waals surface area contributed by atoms with Crippen molar-refractivity contribution in [2.75, 3.05) is 5.73 Å². The molecule has 0 aliphatic carbocycles. The summed E-state index contributed by atoms with van der Waals surface area (Å²) in [6.45, 7) is 0. The van der Waals surface area contributed by atoms with Crippen LogP contribution in [0.25, 0.3) is 0 Å². The van der Waals surface area contributed by atoms with Gasteiger partial charge in [0.25, 0.3) is 0 Å². The number of thiocarbonyl (C=S) groups is 1. The second-order valence-corrected chi connectivity index (χ2v) is 3.59. The average Bonchev–Trinajstić information content (AvgIpc) is 2.08. The Morgan fingerprint density at radius 1 is 1.23 bits per heavy atom. The van der Waals surface area contributed by atoms with Crippen LogP contribution in [-0.2, 0) is 6.42 Å². The van der Waals surface area contributed by atoms with Crippen molar-refractivity contribution in [3.63, 3.8) is 0 Å². The lowest BCUT2D eigenvalue weighted by Crippen LogP contribution is -2.07. The van der Waals surface area contributed by atoms with Crippen LogP contribution in [-0.4, -0.2) is 4.99 Å². The van der Waals surface area contributed by atoms with E-state index in [-0.39, 0.29) is 0 Å². The van der Waals surface area contributed by atoms with Gasteiger partial charge in [0.05, 0.1) is 4.99 Å². The average molecular weight is 194 g/mol. The maximum Gasteiger partial charge on any atom is 0.0727 e. The van der Waals surface area contributed by atoms with Gasteiger partial charge in [-0.05, 0) is 37.0 Å². The highest BCUT2D eigenvalue weighted by molar-refractivity contribution is 7.80. The van der Waals surface area contributed by atoms with Crippen LogP contribution < -0.4 is 11.5 Å². The molecule has 0 heterocycles. The minimum absolute atomic E-state index is 0.593. The molecule has 3 heteroatoms. The van der Waals surface area contributed by atoms with Crippen molar-refractivity contribution in [3.05, 3.63) is 29.8 Å². The molecular weight excluding hydrogens is 180 g/mol. The van der Waals surface area contributed by atoms with Crippen molar-refractivity contribution in [1.82, 2.24) is 0 Å². The third kappa shape index (κ3) is 3.90. The zero-order valence-corrected chi connectivity index (χ0v) is 8.31. The molecule has 2 nitrogen and oxygen atoms in total. The van der Waals surface area contributed by atoms with Gasteiger partial charge in [-0.3, -0.25) is 0 Å². The Balaban J connectivity index is 2.37. The van der Waals surface area contributed by atoms with Gasteiger partial charge in [-0.1, -0.05) is 24.4 Å². The van der Waals surface area contributed by atoms with Gasteiger partial charge in [0.15, 0.2) is 0 Å². The first-order valence-corrected chi connectivity index (χ1v) is 4.72. The fraction of sp³-hybridized carbons (Fsp3) is 0.300. The van der Waals surface area contributed by atoms with Crippen molar-refractivity contribution in [2.24, 2.45) is 5.73 Å². The molecule has 0 aliphatic rings. The molecule has 0 radical (unpaired) electrons. The lowest BCUT2D eigenvalue weighted by molar-refractivity contribution is 0.868. The first-order valence-electron chi connectivity index (χ1n) is 4.31. The number of hydrogen-bond acceptors (Lipinski definition) is 2. The van der Waals surface area contributed by atoms with Crippen LogP contribution >= 0.6 is 12.2 Å². The van der Waals surface area contributed by atoms with Gasteiger partial charge < -0.3 is 11.5 Å². The highest BCUT2D eigenvalue weighted by atomic mass is 32.1. The van der Waals surface area contributed by atoms with E-state index < -0.39 is 0 Å². The van der Waals surface area contributed by atoms with Gasteiger partial charge >= 0.3 is 0 Å². The number of benzene rings is 1. The first kappa shape index (κ1) is 9.99. The largest absolute Gasteiger partial charge is 0.399 e. The van der Waals surface area contributed by atoms with Crippen LogP contribution in [0.1, 0.15) is 18.4 Å². The summed E-state index contributed by atoms with van der Waals surface area (Å²) in [7, 11) is 0. The predicted octanol–water partition coefficient (Wildman–Crippen LogP) is 1.88. The summed E-state index contributed by atoms with van der Waals surface area (Å²) >= 11 is 4.79. The summed E-state index contributed by atoms with van der Waals surface area (Å²) in [5.41, 5.74) is 13.0. The van der Waals surface area contributed by atoms with Crippen LogP contribution in [0, 0.1) is 0 Å². The fourth-order valence-corrected chi connectivity index (χ4v) is 1.30. The van der Waals surface area contributed by atoms with Gasteiger partial charge in [0.1, 0.15) is 0 Å². The number of aryl methyl sites for hydroxylation is 1. The number of anilines is 1. The number of nitrogen functional groups attached to an aromatic ring is 1. The number of nitrogens with two attached hydrogens (primary N) is 2. The second kappa shape index (κ2) is 4.82. The molecule has 70 valence electrons. The van der Waals surface area contributed by atoms with Gasteiger partial charge in [-0.25, -0.2) is 0 Å². The molecule has 0 spiro atoms. The Kier molecular flexibility index (Phi) is 3.71. The molecule has 4 N–H and O–H groups in total. The molecule has 0 fully saturated rings. The quantitative estimate of drug-likeness (QED) is 0.568. The highest BCUT2D eigenvalue weighted by Gasteiger charge is 1.94. The smallest absolute Gasteiger partial charge is 0.0727 e. The number of rotatable bonds is 4. The molecule has 0 saturated carbocycles. The highest BCUT2D eigenvalue weighted by Crippen LogP contribution is 2.08.